The molecule has 1 aromatic heterocycles. The van der Waals surface area contributed by atoms with E-state index in [-0.39, 0.29) is 5.78 Å². The molecule has 0 radical (unpaired) electrons. The maximum atomic E-state index is 12.4. The topological polar surface area (TPSA) is 42.0 Å². The number of ketones is 1. The molecular weight excluding hydrogens is 339 g/mol. The molecule has 0 fully saturated rings. The van der Waals surface area contributed by atoms with Gasteiger partial charge in [0.15, 0.2) is 5.13 Å². The van der Waals surface area contributed by atoms with Gasteiger partial charge in [0.25, 0.3) is 0 Å². The lowest BCUT2D eigenvalue weighted by molar-refractivity contribution is 0.104. The van der Waals surface area contributed by atoms with Gasteiger partial charge >= 0.3 is 0 Å². The predicted octanol–water partition coefficient (Wildman–Crippen LogP) is 5.42. The molecule has 0 spiro atoms. The molecular formula is C16H10Cl2N2OS. The predicted molar refractivity (Wildman–Crippen MR) is 91.7 cm³/mol. The normalized spacial score (nSPS) is 10.5. The molecule has 22 heavy (non-hydrogen) atoms. The Morgan fingerprint density at radius 3 is 2.18 bits per heavy atom. The summed E-state index contributed by atoms with van der Waals surface area (Å²) in [5.41, 5.74) is 1.45. The van der Waals surface area contributed by atoms with Crippen LogP contribution in [-0.2, 0) is 0 Å². The van der Waals surface area contributed by atoms with Crippen molar-refractivity contribution in [2.75, 3.05) is 5.32 Å². The molecule has 1 N–H and O–H groups in total. The highest BCUT2D eigenvalue weighted by Crippen LogP contribution is 2.25. The molecule has 0 bridgehead atoms. The van der Waals surface area contributed by atoms with Gasteiger partial charge in [0.2, 0.25) is 5.78 Å². The number of nitrogens with one attached hydrogen (secondary N) is 1. The maximum absolute atomic E-state index is 12.4. The first-order valence-corrected chi connectivity index (χ1v) is 7.98. The molecule has 0 amide bonds. The van der Waals surface area contributed by atoms with Gasteiger partial charge in [-0.05, 0) is 48.5 Å². The van der Waals surface area contributed by atoms with Crippen molar-refractivity contribution in [2.24, 2.45) is 0 Å². The summed E-state index contributed by atoms with van der Waals surface area (Å²) < 4.78 is 0. The Labute approximate surface area is 141 Å². The van der Waals surface area contributed by atoms with E-state index in [1.807, 2.05) is 12.1 Å². The number of carbonyl (C=O) groups excluding carboxylic acids is 1. The van der Waals surface area contributed by atoms with Crippen LogP contribution in [0.1, 0.15) is 15.2 Å². The summed E-state index contributed by atoms with van der Waals surface area (Å²) in [5.74, 6) is -0.0710. The summed E-state index contributed by atoms with van der Waals surface area (Å²) in [6.07, 6.45) is 1.57. The second-order valence-corrected chi connectivity index (χ2v) is 6.40. The van der Waals surface area contributed by atoms with Gasteiger partial charge in [0.05, 0.1) is 11.1 Å². The SMILES string of the molecule is O=C(c1ccc(Cl)cc1)c1cnc(Nc2ccc(Cl)cc2)s1. The molecule has 0 atom stereocenters. The highest BCUT2D eigenvalue weighted by Gasteiger charge is 2.13. The Morgan fingerprint density at radius 1 is 0.955 bits per heavy atom. The number of anilines is 2. The molecule has 110 valence electrons. The van der Waals surface area contributed by atoms with Gasteiger partial charge in [-0.1, -0.05) is 34.5 Å². The number of aromatic nitrogens is 1. The number of carbonyl (C=O) groups is 1. The molecule has 0 saturated heterocycles. The van der Waals surface area contributed by atoms with Crippen molar-refractivity contribution in [1.82, 2.24) is 4.98 Å². The third-order valence-corrected chi connectivity index (χ3v) is 4.35. The summed E-state index contributed by atoms with van der Waals surface area (Å²) in [6.45, 7) is 0. The van der Waals surface area contributed by atoms with Crippen molar-refractivity contribution in [3.63, 3.8) is 0 Å². The van der Waals surface area contributed by atoms with Crippen LogP contribution in [0.3, 0.4) is 0 Å². The third kappa shape index (κ3) is 3.47. The molecule has 0 aliphatic heterocycles. The van der Waals surface area contributed by atoms with E-state index in [2.05, 4.69) is 10.3 Å². The zero-order valence-corrected chi connectivity index (χ0v) is 13.5. The summed E-state index contributed by atoms with van der Waals surface area (Å²) in [5, 5.41) is 5.07. The number of rotatable bonds is 4. The van der Waals surface area contributed by atoms with Crippen LogP contribution < -0.4 is 5.32 Å². The van der Waals surface area contributed by atoms with Crippen LogP contribution in [0.25, 0.3) is 0 Å². The molecule has 2 aromatic carbocycles. The van der Waals surface area contributed by atoms with Gasteiger partial charge in [0.1, 0.15) is 0 Å². The van der Waals surface area contributed by atoms with Gasteiger partial charge in [-0.25, -0.2) is 4.98 Å². The molecule has 0 saturated carbocycles. The number of hydrogen-bond acceptors (Lipinski definition) is 4. The van der Waals surface area contributed by atoms with Crippen molar-refractivity contribution in [1.29, 1.82) is 0 Å². The summed E-state index contributed by atoms with van der Waals surface area (Å²) >= 11 is 13.0. The minimum absolute atomic E-state index is 0.0710. The largest absolute Gasteiger partial charge is 0.332 e. The first-order chi connectivity index (χ1) is 10.6. The Bertz CT molecular complexity index is 798. The van der Waals surface area contributed by atoms with E-state index in [0.29, 0.717) is 25.6 Å². The number of thiazole rings is 1. The summed E-state index contributed by atoms with van der Waals surface area (Å²) in [7, 11) is 0. The number of benzene rings is 2. The second kappa shape index (κ2) is 6.48. The van der Waals surface area contributed by atoms with Gasteiger partial charge < -0.3 is 5.32 Å². The van der Waals surface area contributed by atoms with Crippen LogP contribution in [0.2, 0.25) is 10.0 Å². The van der Waals surface area contributed by atoms with Crippen molar-refractivity contribution in [3.05, 3.63) is 75.2 Å². The fourth-order valence-corrected chi connectivity index (χ4v) is 2.89. The molecule has 0 unspecified atom stereocenters. The highest BCUT2D eigenvalue weighted by atomic mass is 35.5. The van der Waals surface area contributed by atoms with Gasteiger partial charge in [-0.15, -0.1) is 0 Å². The van der Waals surface area contributed by atoms with Crippen LogP contribution >= 0.6 is 34.5 Å². The maximum Gasteiger partial charge on any atom is 0.204 e. The zero-order valence-electron chi connectivity index (χ0n) is 11.2. The Morgan fingerprint density at radius 2 is 1.55 bits per heavy atom. The minimum atomic E-state index is -0.0710. The quantitative estimate of drug-likeness (QED) is 0.639. The average molecular weight is 349 g/mol. The van der Waals surface area contributed by atoms with Crippen molar-refractivity contribution in [2.45, 2.75) is 0 Å². The molecule has 3 rings (SSSR count). The fourth-order valence-electron chi connectivity index (χ4n) is 1.84. The van der Waals surface area contributed by atoms with E-state index in [1.54, 1.807) is 42.6 Å². The van der Waals surface area contributed by atoms with Crippen LogP contribution in [-0.4, -0.2) is 10.8 Å². The standard InChI is InChI=1S/C16H10Cl2N2OS/c17-11-3-1-10(2-4-11)15(21)14-9-19-16(22-14)20-13-7-5-12(18)6-8-13/h1-9H,(H,19,20). The van der Waals surface area contributed by atoms with Crippen molar-refractivity contribution >= 4 is 51.1 Å². The summed E-state index contributed by atoms with van der Waals surface area (Å²) in [4.78, 5) is 17.1. The van der Waals surface area contributed by atoms with E-state index in [1.165, 1.54) is 11.3 Å². The lowest BCUT2D eigenvalue weighted by Crippen LogP contribution is -1.97. The van der Waals surface area contributed by atoms with E-state index in [9.17, 15) is 4.79 Å². The molecule has 0 aliphatic rings. The van der Waals surface area contributed by atoms with Crippen LogP contribution in [0.4, 0.5) is 10.8 Å². The number of halogens is 2. The van der Waals surface area contributed by atoms with E-state index >= 15 is 0 Å². The third-order valence-electron chi connectivity index (χ3n) is 2.93. The molecule has 3 nitrogen and oxygen atoms in total. The molecule has 0 aliphatic carbocycles. The second-order valence-electron chi connectivity index (χ2n) is 4.50. The first kappa shape index (κ1) is 15.0. The van der Waals surface area contributed by atoms with Gasteiger partial charge in [-0.3, -0.25) is 4.79 Å². The summed E-state index contributed by atoms with van der Waals surface area (Å²) in [6, 6.07) is 14.1. The van der Waals surface area contributed by atoms with E-state index in [0.717, 1.165) is 5.69 Å². The number of hydrogen-bond donors (Lipinski definition) is 1. The van der Waals surface area contributed by atoms with E-state index in [4.69, 9.17) is 23.2 Å². The van der Waals surface area contributed by atoms with Crippen molar-refractivity contribution in [3.8, 4) is 0 Å². The van der Waals surface area contributed by atoms with Crippen LogP contribution in [0, 0.1) is 0 Å². The van der Waals surface area contributed by atoms with Crippen LogP contribution in [0.5, 0.6) is 0 Å². The lowest BCUT2D eigenvalue weighted by atomic mass is 10.1. The first-order valence-electron chi connectivity index (χ1n) is 6.40. The smallest absolute Gasteiger partial charge is 0.204 e. The Balaban J connectivity index is 1.77. The molecule has 6 heteroatoms. The molecule has 3 aromatic rings. The fraction of sp³-hybridized carbons (Fsp3) is 0. The van der Waals surface area contributed by atoms with Gasteiger partial charge in [0, 0.05) is 21.3 Å². The Hall–Kier alpha value is -1.88. The monoisotopic (exact) mass is 348 g/mol. The van der Waals surface area contributed by atoms with Crippen LogP contribution in [0.15, 0.2) is 54.7 Å². The average Bonchev–Trinajstić information content (AvgIpc) is 2.98. The minimum Gasteiger partial charge on any atom is -0.332 e. The number of nitrogens with zero attached hydrogens (tertiary/aromatic N) is 1. The van der Waals surface area contributed by atoms with E-state index < -0.39 is 0 Å². The zero-order chi connectivity index (χ0) is 15.5. The molecule has 1 heterocycles. The Kier molecular flexibility index (Phi) is 4.43. The van der Waals surface area contributed by atoms with Crippen molar-refractivity contribution < 1.29 is 4.79 Å². The highest BCUT2D eigenvalue weighted by molar-refractivity contribution is 7.17. The lowest BCUT2D eigenvalue weighted by Gasteiger charge is -2.01. The van der Waals surface area contributed by atoms with Gasteiger partial charge in [-0.2, -0.15) is 0 Å².